The van der Waals surface area contributed by atoms with Crippen molar-refractivity contribution in [2.45, 2.75) is 49.8 Å². The number of piperazine rings is 1. The minimum atomic E-state index is -0.926. The molecule has 2 atom stereocenters. The number of anilines is 1. The van der Waals surface area contributed by atoms with E-state index in [0.29, 0.717) is 31.4 Å². The second-order valence-corrected chi connectivity index (χ2v) is 9.63. The van der Waals surface area contributed by atoms with Gasteiger partial charge in [-0.15, -0.1) is 0 Å². The Balaban J connectivity index is 1.29. The van der Waals surface area contributed by atoms with Gasteiger partial charge in [0, 0.05) is 44.0 Å². The SMILES string of the molecule is CN1CCN(c2ccc(C(=O)NC3(C(=O)N4CCC5OCC(=O)[C@H]54)CCCC3)cc2)CC1. The predicted molar refractivity (Wildman–Crippen MR) is 120 cm³/mol. The summed E-state index contributed by atoms with van der Waals surface area (Å²) >= 11 is 0. The van der Waals surface area contributed by atoms with Gasteiger partial charge < -0.3 is 24.8 Å². The number of likely N-dealkylation sites (tertiary alicyclic amines) is 1. The Morgan fingerprint density at radius 1 is 1.03 bits per heavy atom. The van der Waals surface area contributed by atoms with E-state index in [4.69, 9.17) is 4.74 Å². The fourth-order valence-corrected chi connectivity index (χ4v) is 5.65. The van der Waals surface area contributed by atoms with Crippen molar-refractivity contribution in [3.05, 3.63) is 29.8 Å². The van der Waals surface area contributed by atoms with Crippen molar-refractivity contribution in [1.82, 2.24) is 15.1 Å². The molecule has 8 nitrogen and oxygen atoms in total. The van der Waals surface area contributed by atoms with Gasteiger partial charge in [-0.25, -0.2) is 0 Å². The zero-order valence-corrected chi connectivity index (χ0v) is 18.7. The van der Waals surface area contributed by atoms with E-state index in [1.165, 1.54) is 0 Å². The van der Waals surface area contributed by atoms with E-state index in [0.717, 1.165) is 44.7 Å². The van der Waals surface area contributed by atoms with Gasteiger partial charge in [-0.1, -0.05) is 12.8 Å². The number of amides is 2. The highest BCUT2D eigenvalue weighted by atomic mass is 16.5. The number of hydrogen-bond acceptors (Lipinski definition) is 6. The third-order valence-electron chi connectivity index (χ3n) is 7.59. The van der Waals surface area contributed by atoms with E-state index < -0.39 is 11.6 Å². The number of ether oxygens (including phenoxy) is 1. The number of fused-ring (bicyclic) bond motifs is 1. The van der Waals surface area contributed by atoms with Crippen LogP contribution >= 0.6 is 0 Å². The van der Waals surface area contributed by atoms with Crippen LogP contribution in [0, 0.1) is 0 Å². The van der Waals surface area contributed by atoms with Gasteiger partial charge in [0.15, 0.2) is 5.78 Å². The van der Waals surface area contributed by atoms with Crippen molar-refractivity contribution in [2.75, 3.05) is 51.3 Å². The molecule has 32 heavy (non-hydrogen) atoms. The normalized spacial score (nSPS) is 27.6. The van der Waals surface area contributed by atoms with Crippen molar-refractivity contribution in [1.29, 1.82) is 0 Å². The molecule has 0 aromatic heterocycles. The van der Waals surface area contributed by atoms with Crippen molar-refractivity contribution < 1.29 is 19.1 Å². The molecule has 0 spiro atoms. The van der Waals surface area contributed by atoms with Crippen LogP contribution in [0.3, 0.4) is 0 Å². The Hall–Kier alpha value is -2.45. The fraction of sp³-hybridized carbons (Fsp3) is 0.625. The maximum atomic E-state index is 13.6. The summed E-state index contributed by atoms with van der Waals surface area (Å²) in [7, 11) is 2.13. The lowest BCUT2D eigenvalue weighted by Crippen LogP contribution is -2.60. The molecule has 8 heteroatoms. The summed E-state index contributed by atoms with van der Waals surface area (Å²) in [5.74, 6) is -0.376. The molecular weight excluding hydrogens is 408 g/mol. The number of hydrogen-bond donors (Lipinski definition) is 1. The molecule has 3 aliphatic heterocycles. The predicted octanol–water partition coefficient (Wildman–Crippen LogP) is 1.05. The van der Waals surface area contributed by atoms with Crippen molar-refractivity contribution in [2.24, 2.45) is 0 Å². The zero-order chi connectivity index (χ0) is 22.3. The van der Waals surface area contributed by atoms with Crippen molar-refractivity contribution >= 4 is 23.3 Å². The molecule has 3 heterocycles. The minimum Gasteiger partial charge on any atom is -0.369 e. The summed E-state index contributed by atoms with van der Waals surface area (Å²) in [5.41, 5.74) is 0.746. The summed E-state index contributed by atoms with van der Waals surface area (Å²) in [4.78, 5) is 45.4. The molecule has 2 amide bonds. The summed E-state index contributed by atoms with van der Waals surface area (Å²) in [6.45, 7) is 4.59. The number of nitrogens with zero attached hydrogens (tertiary/aromatic N) is 3. The van der Waals surface area contributed by atoms with Gasteiger partial charge in [0.1, 0.15) is 18.2 Å². The van der Waals surface area contributed by atoms with Crippen LogP contribution in [0.5, 0.6) is 0 Å². The maximum absolute atomic E-state index is 13.6. The van der Waals surface area contributed by atoms with E-state index >= 15 is 0 Å². The number of carbonyl (C=O) groups excluding carboxylic acids is 3. The monoisotopic (exact) mass is 440 g/mol. The molecule has 1 aliphatic carbocycles. The number of carbonyl (C=O) groups is 3. The molecule has 172 valence electrons. The molecule has 1 N–H and O–H groups in total. The molecular formula is C24H32N4O4. The largest absolute Gasteiger partial charge is 0.369 e. The van der Waals surface area contributed by atoms with Gasteiger partial charge in [0.2, 0.25) is 5.91 Å². The summed E-state index contributed by atoms with van der Waals surface area (Å²) in [6.07, 6.45) is 3.49. The Morgan fingerprint density at radius 2 is 1.72 bits per heavy atom. The van der Waals surface area contributed by atoms with Crippen LogP contribution in [0.4, 0.5) is 5.69 Å². The van der Waals surface area contributed by atoms with Gasteiger partial charge in [-0.3, -0.25) is 14.4 Å². The third-order valence-corrected chi connectivity index (χ3v) is 7.59. The highest BCUT2D eigenvalue weighted by Gasteiger charge is 2.53. The summed E-state index contributed by atoms with van der Waals surface area (Å²) in [5, 5.41) is 3.08. The number of likely N-dealkylation sites (N-methyl/N-ethyl adjacent to an activating group) is 1. The Bertz CT molecular complexity index is 888. The molecule has 4 aliphatic rings. The molecule has 4 fully saturated rings. The van der Waals surface area contributed by atoms with E-state index in [-0.39, 0.29) is 30.3 Å². The summed E-state index contributed by atoms with van der Waals surface area (Å²) in [6, 6.07) is 7.18. The van der Waals surface area contributed by atoms with E-state index in [1.54, 1.807) is 4.90 Å². The van der Waals surface area contributed by atoms with Crippen LogP contribution < -0.4 is 10.2 Å². The van der Waals surface area contributed by atoms with Gasteiger partial charge in [0.05, 0.1) is 6.10 Å². The number of ketones is 1. The molecule has 1 unspecified atom stereocenters. The Kier molecular flexibility index (Phi) is 5.67. The molecule has 3 saturated heterocycles. The van der Waals surface area contributed by atoms with Gasteiger partial charge in [0.25, 0.3) is 5.91 Å². The average Bonchev–Trinajstić information content (AvgIpc) is 3.53. The lowest BCUT2D eigenvalue weighted by atomic mass is 9.93. The number of benzene rings is 1. The van der Waals surface area contributed by atoms with Crippen LogP contribution in [-0.4, -0.2) is 91.5 Å². The molecule has 1 saturated carbocycles. The fourth-order valence-electron chi connectivity index (χ4n) is 5.65. The number of Topliss-reactive ketones (excluding diaryl/α,β-unsaturated/α-hetero) is 1. The highest BCUT2D eigenvalue weighted by molar-refractivity contribution is 6.01. The van der Waals surface area contributed by atoms with Crippen molar-refractivity contribution in [3.8, 4) is 0 Å². The number of rotatable bonds is 4. The lowest BCUT2D eigenvalue weighted by molar-refractivity contribution is -0.142. The van der Waals surface area contributed by atoms with E-state index in [1.807, 2.05) is 24.3 Å². The third kappa shape index (κ3) is 3.79. The topological polar surface area (TPSA) is 82.2 Å². The molecule has 5 rings (SSSR count). The first kappa shape index (κ1) is 21.4. The molecule has 1 aromatic carbocycles. The molecule has 1 aromatic rings. The van der Waals surface area contributed by atoms with Crippen LogP contribution in [0.25, 0.3) is 0 Å². The van der Waals surface area contributed by atoms with Gasteiger partial charge >= 0.3 is 0 Å². The zero-order valence-electron chi connectivity index (χ0n) is 18.7. The number of nitrogens with one attached hydrogen (secondary N) is 1. The van der Waals surface area contributed by atoms with Crippen molar-refractivity contribution in [3.63, 3.8) is 0 Å². The first-order valence-electron chi connectivity index (χ1n) is 11.8. The van der Waals surface area contributed by atoms with Crippen LogP contribution in [-0.2, 0) is 14.3 Å². The standard InChI is InChI=1S/C24H32N4O4/c1-26-12-14-27(15-13-26)18-6-4-17(5-7-18)22(30)25-24(9-2-3-10-24)23(31)28-11-8-20-21(28)19(29)16-32-20/h4-7,20-21H,2-3,8-16H2,1H3,(H,25,30)/t20?,21-/m1/s1. The van der Waals surface area contributed by atoms with Crippen LogP contribution in [0.2, 0.25) is 0 Å². The lowest BCUT2D eigenvalue weighted by Gasteiger charge is -2.35. The average molecular weight is 441 g/mol. The first-order chi connectivity index (χ1) is 15.5. The second-order valence-electron chi connectivity index (χ2n) is 9.63. The van der Waals surface area contributed by atoms with Gasteiger partial charge in [-0.05, 0) is 50.6 Å². The van der Waals surface area contributed by atoms with Crippen LogP contribution in [0.1, 0.15) is 42.5 Å². The minimum absolute atomic E-state index is 0.0279. The Labute approximate surface area is 188 Å². The molecule has 0 radical (unpaired) electrons. The van der Waals surface area contributed by atoms with E-state index in [2.05, 4.69) is 22.2 Å². The quantitative estimate of drug-likeness (QED) is 0.754. The van der Waals surface area contributed by atoms with Crippen LogP contribution in [0.15, 0.2) is 24.3 Å². The highest BCUT2D eigenvalue weighted by Crippen LogP contribution is 2.36. The maximum Gasteiger partial charge on any atom is 0.252 e. The van der Waals surface area contributed by atoms with Gasteiger partial charge in [-0.2, -0.15) is 0 Å². The Morgan fingerprint density at radius 3 is 2.41 bits per heavy atom. The second kappa shape index (κ2) is 8.48. The summed E-state index contributed by atoms with van der Waals surface area (Å²) < 4.78 is 5.55. The first-order valence-corrected chi connectivity index (χ1v) is 11.8. The van der Waals surface area contributed by atoms with E-state index in [9.17, 15) is 14.4 Å². The molecule has 0 bridgehead atoms. The smallest absolute Gasteiger partial charge is 0.252 e.